The minimum absolute atomic E-state index is 0.667. The van der Waals surface area contributed by atoms with Crippen LogP contribution in [0.25, 0.3) is 0 Å². The first kappa shape index (κ1) is 18.9. The molecule has 2 aliphatic heterocycles. The lowest BCUT2D eigenvalue weighted by molar-refractivity contribution is -0.355. The summed E-state index contributed by atoms with van der Waals surface area (Å²) >= 11 is 0. The van der Waals surface area contributed by atoms with Crippen molar-refractivity contribution in [1.29, 1.82) is 0 Å². The van der Waals surface area contributed by atoms with Crippen molar-refractivity contribution in [1.82, 2.24) is 0 Å². The third-order valence-corrected chi connectivity index (χ3v) is 3.98. The monoisotopic (exact) mass is 342 g/mol. The summed E-state index contributed by atoms with van der Waals surface area (Å²) in [5.41, 5.74) is 0. The van der Waals surface area contributed by atoms with Gasteiger partial charge in [0.15, 0.2) is 12.6 Å². The Kier molecular flexibility index (Phi) is 6.27. The second-order valence-electron chi connectivity index (χ2n) is 5.53. The highest BCUT2D eigenvalue weighted by atomic mass is 16.7. The normalized spacial score (nSPS) is 51.7. The van der Waals surface area contributed by atoms with Gasteiger partial charge >= 0.3 is 0 Å². The summed E-state index contributed by atoms with van der Waals surface area (Å²) in [6.45, 7) is -1.35. The lowest BCUT2D eigenvalue weighted by Crippen LogP contribution is -2.64. The molecule has 0 aromatic heterocycles. The first-order valence-electron chi connectivity index (χ1n) is 7.08. The number of aliphatic hydroxyl groups is 8. The topological polar surface area (TPSA) is 190 Å². The van der Waals surface area contributed by atoms with Crippen LogP contribution in [0.5, 0.6) is 0 Å². The molecule has 23 heavy (non-hydrogen) atoms. The van der Waals surface area contributed by atoms with E-state index in [1.54, 1.807) is 0 Å². The molecular weight excluding hydrogens is 320 g/mol. The molecule has 0 bridgehead atoms. The van der Waals surface area contributed by atoms with Gasteiger partial charge in [0, 0.05) is 0 Å². The van der Waals surface area contributed by atoms with Crippen molar-refractivity contribution in [3.05, 3.63) is 0 Å². The van der Waals surface area contributed by atoms with E-state index in [9.17, 15) is 35.7 Å². The smallest absolute Gasteiger partial charge is 0.187 e. The molecule has 11 nitrogen and oxygen atoms in total. The molecule has 0 aromatic carbocycles. The van der Waals surface area contributed by atoms with Crippen molar-refractivity contribution in [2.24, 2.45) is 0 Å². The zero-order valence-corrected chi connectivity index (χ0v) is 12.0. The van der Waals surface area contributed by atoms with Gasteiger partial charge < -0.3 is 55.1 Å². The fourth-order valence-electron chi connectivity index (χ4n) is 2.57. The van der Waals surface area contributed by atoms with Crippen molar-refractivity contribution in [3.8, 4) is 0 Å². The predicted octanol–water partition coefficient (Wildman–Crippen LogP) is -5.40. The van der Waals surface area contributed by atoms with Crippen molar-refractivity contribution < 1.29 is 55.1 Å². The van der Waals surface area contributed by atoms with Crippen molar-refractivity contribution >= 4 is 0 Å². The number of aliphatic hydroxyl groups excluding tert-OH is 8. The maximum atomic E-state index is 9.94. The number of hydrogen-bond donors (Lipinski definition) is 8. The Morgan fingerprint density at radius 2 is 1.26 bits per heavy atom. The highest BCUT2D eigenvalue weighted by molar-refractivity contribution is 4.93. The summed E-state index contributed by atoms with van der Waals surface area (Å²) in [7, 11) is 0. The quantitative estimate of drug-likeness (QED) is 0.243. The zero-order valence-electron chi connectivity index (χ0n) is 12.0. The van der Waals surface area contributed by atoms with Gasteiger partial charge in [0.1, 0.15) is 48.8 Å². The summed E-state index contributed by atoms with van der Waals surface area (Å²) in [4.78, 5) is 0. The molecule has 136 valence electrons. The molecule has 2 rings (SSSR count). The zero-order chi connectivity index (χ0) is 17.3. The van der Waals surface area contributed by atoms with Crippen molar-refractivity contribution in [2.45, 2.75) is 61.4 Å². The van der Waals surface area contributed by atoms with Crippen LogP contribution >= 0.6 is 0 Å². The molecule has 0 unspecified atom stereocenters. The van der Waals surface area contributed by atoms with Crippen LogP contribution < -0.4 is 0 Å². The van der Waals surface area contributed by atoms with Crippen LogP contribution in [0.1, 0.15) is 0 Å². The number of ether oxygens (including phenoxy) is 3. The number of hydrogen-bond acceptors (Lipinski definition) is 11. The summed E-state index contributed by atoms with van der Waals surface area (Å²) in [6, 6.07) is 0. The highest BCUT2D eigenvalue weighted by Gasteiger charge is 2.50. The van der Waals surface area contributed by atoms with E-state index in [1.165, 1.54) is 0 Å². The SMILES string of the molecule is OC[C@@H]1O[C@H](O[C@H]2[C@H](O)[C@@H](O)[C@@H](O)O[C@@H]2CO)[C@@H](O)[C@H](O)[C@H]1O. The minimum Gasteiger partial charge on any atom is -0.394 e. The average Bonchev–Trinajstić information content (AvgIpc) is 2.55. The Balaban J connectivity index is 2.11. The molecule has 8 N–H and O–H groups in total. The highest BCUT2D eigenvalue weighted by Crippen LogP contribution is 2.28. The van der Waals surface area contributed by atoms with Crippen LogP contribution in [0.4, 0.5) is 0 Å². The second kappa shape index (κ2) is 7.63. The molecule has 0 amide bonds. The Bertz CT molecular complexity index is 378. The Hall–Kier alpha value is -0.440. The molecule has 0 saturated carbocycles. The summed E-state index contributed by atoms with van der Waals surface area (Å²) in [5.74, 6) is 0. The van der Waals surface area contributed by atoms with Crippen LogP contribution in [-0.4, -0.2) is 115 Å². The van der Waals surface area contributed by atoms with Gasteiger partial charge in [-0.3, -0.25) is 0 Å². The van der Waals surface area contributed by atoms with E-state index in [0.717, 1.165) is 0 Å². The molecule has 11 heteroatoms. The van der Waals surface area contributed by atoms with Gasteiger partial charge in [-0.1, -0.05) is 0 Å². The first-order chi connectivity index (χ1) is 10.8. The van der Waals surface area contributed by atoms with Crippen molar-refractivity contribution in [3.63, 3.8) is 0 Å². The Labute approximate surface area is 130 Å². The van der Waals surface area contributed by atoms with E-state index in [0.29, 0.717) is 0 Å². The fourth-order valence-corrected chi connectivity index (χ4v) is 2.57. The molecule has 2 fully saturated rings. The molecule has 2 heterocycles. The molecule has 0 aliphatic carbocycles. The summed E-state index contributed by atoms with van der Waals surface area (Å²) in [5, 5.41) is 76.5. The maximum Gasteiger partial charge on any atom is 0.187 e. The summed E-state index contributed by atoms with van der Waals surface area (Å²) in [6.07, 6.45) is -15.6. The maximum absolute atomic E-state index is 9.94. The molecular formula is C12H22O11. The predicted molar refractivity (Wildman–Crippen MR) is 68.6 cm³/mol. The molecule has 0 spiro atoms. The van der Waals surface area contributed by atoms with Gasteiger partial charge in [-0.05, 0) is 0 Å². The molecule has 2 aliphatic rings. The lowest BCUT2D eigenvalue weighted by Gasteiger charge is -2.45. The van der Waals surface area contributed by atoms with E-state index in [2.05, 4.69) is 0 Å². The van der Waals surface area contributed by atoms with Gasteiger partial charge in [-0.15, -0.1) is 0 Å². The standard InChI is InChI=1S/C12H22O11/c13-1-3-5(15)6(16)9(19)12(22-3)23-10-4(2-14)21-11(20)8(18)7(10)17/h3-20H,1-2H2/t3-,4+,5-,6+,7+,8+,9-,10+,11-,12+/m0/s1. The fraction of sp³-hybridized carbons (Fsp3) is 1.00. The Morgan fingerprint density at radius 3 is 1.83 bits per heavy atom. The van der Waals surface area contributed by atoms with Gasteiger partial charge in [-0.25, -0.2) is 0 Å². The first-order valence-corrected chi connectivity index (χ1v) is 7.08. The van der Waals surface area contributed by atoms with E-state index < -0.39 is 74.6 Å². The summed E-state index contributed by atoms with van der Waals surface area (Å²) < 4.78 is 15.3. The van der Waals surface area contributed by atoms with Crippen LogP contribution in [0.2, 0.25) is 0 Å². The average molecular weight is 342 g/mol. The largest absolute Gasteiger partial charge is 0.394 e. The van der Waals surface area contributed by atoms with Crippen molar-refractivity contribution in [2.75, 3.05) is 13.2 Å². The van der Waals surface area contributed by atoms with E-state index >= 15 is 0 Å². The van der Waals surface area contributed by atoms with Gasteiger partial charge in [-0.2, -0.15) is 0 Å². The van der Waals surface area contributed by atoms with Gasteiger partial charge in [0.05, 0.1) is 13.2 Å². The van der Waals surface area contributed by atoms with Crippen LogP contribution in [-0.2, 0) is 14.2 Å². The van der Waals surface area contributed by atoms with Gasteiger partial charge in [0.2, 0.25) is 0 Å². The lowest BCUT2D eigenvalue weighted by atomic mass is 9.97. The van der Waals surface area contributed by atoms with Gasteiger partial charge in [0.25, 0.3) is 0 Å². The van der Waals surface area contributed by atoms with E-state index in [-0.39, 0.29) is 0 Å². The molecule has 2 saturated heterocycles. The Morgan fingerprint density at radius 1 is 0.652 bits per heavy atom. The third-order valence-electron chi connectivity index (χ3n) is 3.98. The van der Waals surface area contributed by atoms with Crippen LogP contribution in [0.15, 0.2) is 0 Å². The van der Waals surface area contributed by atoms with Crippen LogP contribution in [0.3, 0.4) is 0 Å². The number of rotatable bonds is 4. The minimum atomic E-state index is -1.74. The van der Waals surface area contributed by atoms with E-state index in [4.69, 9.17) is 19.3 Å². The molecule has 10 atom stereocenters. The second-order valence-corrected chi connectivity index (χ2v) is 5.53. The molecule has 0 aromatic rings. The van der Waals surface area contributed by atoms with Crippen LogP contribution in [0, 0.1) is 0 Å². The third kappa shape index (κ3) is 3.65. The van der Waals surface area contributed by atoms with E-state index in [1.807, 2.05) is 0 Å². The molecule has 0 radical (unpaired) electrons.